The molecule has 25 heavy (non-hydrogen) atoms. The molecule has 0 radical (unpaired) electrons. The second-order valence-corrected chi connectivity index (χ2v) is 8.36. The SMILES string of the molecule is CC(C)CCNC(=O)NC(=O)COC(=O)[C@H]1CS[C@]2(C)CCC(=O)N12. The first-order valence-corrected chi connectivity index (χ1v) is 9.42. The van der Waals surface area contributed by atoms with Gasteiger partial charge in [-0.05, 0) is 25.7 Å². The van der Waals surface area contributed by atoms with Crippen molar-refractivity contribution in [2.24, 2.45) is 5.92 Å². The van der Waals surface area contributed by atoms with Gasteiger partial charge >= 0.3 is 12.0 Å². The third-order valence-corrected chi connectivity index (χ3v) is 5.83. The number of ether oxygens (including phenoxy) is 1. The third-order valence-electron chi connectivity index (χ3n) is 4.32. The van der Waals surface area contributed by atoms with Gasteiger partial charge in [-0.2, -0.15) is 0 Å². The number of nitrogens with one attached hydrogen (secondary N) is 2. The van der Waals surface area contributed by atoms with Crippen molar-refractivity contribution in [1.29, 1.82) is 0 Å². The van der Waals surface area contributed by atoms with Crippen molar-refractivity contribution in [2.75, 3.05) is 18.9 Å². The number of thioether (sulfide) groups is 1. The Kier molecular flexibility index (Phi) is 6.31. The van der Waals surface area contributed by atoms with E-state index >= 15 is 0 Å². The van der Waals surface area contributed by atoms with E-state index in [1.54, 1.807) is 16.7 Å². The van der Waals surface area contributed by atoms with Crippen molar-refractivity contribution in [2.45, 2.75) is 50.9 Å². The van der Waals surface area contributed by atoms with Crippen LogP contribution >= 0.6 is 11.8 Å². The number of carbonyl (C=O) groups excluding carboxylic acids is 4. The zero-order valence-electron chi connectivity index (χ0n) is 14.8. The van der Waals surface area contributed by atoms with E-state index < -0.39 is 30.6 Å². The lowest BCUT2D eigenvalue weighted by atomic mass is 10.1. The van der Waals surface area contributed by atoms with E-state index in [1.165, 1.54) is 0 Å². The molecule has 0 spiro atoms. The van der Waals surface area contributed by atoms with Crippen molar-refractivity contribution >= 4 is 35.6 Å². The summed E-state index contributed by atoms with van der Waals surface area (Å²) in [7, 11) is 0. The fraction of sp³-hybridized carbons (Fsp3) is 0.750. The van der Waals surface area contributed by atoms with Gasteiger partial charge in [0.25, 0.3) is 5.91 Å². The summed E-state index contributed by atoms with van der Waals surface area (Å²) in [5.41, 5.74) is 0. The van der Waals surface area contributed by atoms with E-state index in [0.29, 0.717) is 31.1 Å². The van der Waals surface area contributed by atoms with Crippen LogP contribution in [-0.4, -0.2) is 58.5 Å². The largest absolute Gasteiger partial charge is 0.454 e. The van der Waals surface area contributed by atoms with Crippen molar-refractivity contribution in [1.82, 2.24) is 15.5 Å². The Bertz CT molecular complexity index is 568. The van der Waals surface area contributed by atoms with Gasteiger partial charge in [-0.25, -0.2) is 9.59 Å². The van der Waals surface area contributed by atoms with Crippen molar-refractivity contribution in [3.8, 4) is 0 Å². The minimum absolute atomic E-state index is 0.0663. The molecule has 9 heteroatoms. The van der Waals surface area contributed by atoms with E-state index in [-0.39, 0.29) is 10.8 Å². The maximum absolute atomic E-state index is 12.2. The molecule has 8 nitrogen and oxygen atoms in total. The lowest BCUT2D eigenvalue weighted by Crippen LogP contribution is -2.47. The summed E-state index contributed by atoms with van der Waals surface area (Å²) in [6.45, 7) is 5.91. The summed E-state index contributed by atoms with van der Waals surface area (Å²) in [5, 5.41) is 4.67. The number of rotatable bonds is 6. The number of fused-ring (bicyclic) bond motifs is 1. The van der Waals surface area contributed by atoms with Gasteiger partial charge in [0.05, 0.1) is 4.87 Å². The average Bonchev–Trinajstić information content (AvgIpc) is 3.01. The molecule has 0 aromatic heterocycles. The molecule has 0 unspecified atom stereocenters. The summed E-state index contributed by atoms with van der Waals surface area (Å²) >= 11 is 1.55. The number of hydrogen-bond donors (Lipinski definition) is 2. The van der Waals surface area contributed by atoms with Crippen LogP contribution in [0, 0.1) is 5.92 Å². The molecule has 2 saturated heterocycles. The molecule has 0 saturated carbocycles. The Labute approximate surface area is 151 Å². The van der Waals surface area contributed by atoms with Gasteiger partial charge in [0.15, 0.2) is 6.61 Å². The van der Waals surface area contributed by atoms with E-state index in [1.807, 2.05) is 20.8 Å². The summed E-state index contributed by atoms with van der Waals surface area (Å²) < 4.78 is 4.99. The number of carbonyl (C=O) groups is 4. The predicted octanol–water partition coefficient (Wildman–Crippen LogP) is 0.856. The van der Waals surface area contributed by atoms with Crippen LogP contribution in [0.5, 0.6) is 0 Å². The first kappa shape index (κ1) is 19.6. The molecule has 0 aromatic rings. The normalized spacial score (nSPS) is 25.0. The van der Waals surface area contributed by atoms with Crippen LogP contribution in [0.2, 0.25) is 0 Å². The standard InChI is InChI=1S/C16H25N3O5S/c1-10(2)5-7-17-15(23)18-12(20)8-24-14(22)11-9-25-16(3)6-4-13(21)19(11)16/h10-11H,4-9H2,1-3H3,(H2,17,18,20,23)/t11-,16-/m1/s1. The highest BCUT2D eigenvalue weighted by molar-refractivity contribution is 8.01. The van der Waals surface area contributed by atoms with Crippen LogP contribution in [0.3, 0.4) is 0 Å². The molecule has 2 heterocycles. The molecule has 2 rings (SSSR count). The molecule has 2 atom stereocenters. The lowest BCUT2D eigenvalue weighted by molar-refractivity contribution is -0.156. The number of hydrogen-bond acceptors (Lipinski definition) is 6. The highest BCUT2D eigenvalue weighted by Gasteiger charge is 2.53. The van der Waals surface area contributed by atoms with Crippen molar-refractivity contribution in [3.05, 3.63) is 0 Å². The monoisotopic (exact) mass is 371 g/mol. The zero-order chi connectivity index (χ0) is 18.6. The molecule has 2 fully saturated rings. The fourth-order valence-electron chi connectivity index (χ4n) is 2.91. The van der Waals surface area contributed by atoms with Gasteiger partial charge in [-0.15, -0.1) is 11.8 Å². The highest BCUT2D eigenvalue weighted by Crippen LogP contribution is 2.47. The Morgan fingerprint density at radius 2 is 2.12 bits per heavy atom. The van der Waals surface area contributed by atoms with Crippen LogP contribution in [0.1, 0.15) is 40.0 Å². The number of esters is 1. The van der Waals surface area contributed by atoms with Gasteiger partial charge < -0.3 is 15.0 Å². The molecular formula is C16H25N3O5S. The van der Waals surface area contributed by atoms with Gasteiger partial charge in [-0.3, -0.25) is 14.9 Å². The predicted molar refractivity (Wildman–Crippen MR) is 92.7 cm³/mol. The molecule has 4 amide bonds. The second-order valence-electron chi connectivity index (χ2n) is 6.86. The summed E-state index contributed by atoms with van der Waals surface area (Å²) in [4.78, 5) is 48.6. The van der Waals surface area contributed by atoms with E-state index in [0.717, 1.165) is 6.42 Å². The van der Waals surface area contributed by atoms with Crippen LogP contribution in [-0.2, 0) is 19.1 Å². The van der Waals surface area contributed by atoms with Crippen molar-refractivity contribution < 1.29 is 23.9 Å². The molecule has 140 valence electrons. The van der Waals surface area contributed by atoms with Gasteiger partial charge in [0.2, 0.25) is 5.91 Å². The van der Waals surface area contributed by atoms with Crippen LogP contribution in [0.4, 0.5) is 4.79 Å². The Morgan fingerprint density at radius 3 is 2.80 bits per heavy atom. The molecule has 0 aliphatic carbocycles. The van der Waals surface area contributed by atoms with Gasteiger partial charge in [-0.1, -0.05) is 13.8 Å². The minimum Gasteiger partial charge on any atom is -0.454 e. The van der Waals surface area contributed by atoms with Crippen molar-refractivity contribution in [3.63, 3.8) is 0 Å². The Morgan fingerprint density at radius 1 is 1.40 bits per heavy atom. The number of amides is 4. The first-order valence-electron chi connectivity index (χ1n) is 8.43. The Hall–Kier alpha value is -1.77. The minimum atomic E-state index is -0.698. The summed E-state index contributed by atoms with van der Waals surface area (Å²) in [6, 6.07) is -1.28. The molecule has 2 aliphatic rings. The second kappa shape index (κ2) is 8.07. The zero-order valence-corrected chi connectivity index (χ0v) is 15.6. The molecule has 0 aromatic carbocycles. The quantitative estimate of drug-likeness (QED) is 0.671. The summed E-state index contributed by atoms with van der Waals surface area (Å²) in [5.74, 6) is -0.472. The summed E-state index contributed by atoms with van der Waals surface area (Å²) in [6.07, 6.45) is 1.93. The highest BCUT2D eigenvalue weighted by atomic mass is 32.2. The average molecular weight is 371 g/mol. The Balaban J connectivity index is 1.74. The van der Waals surface area contributed by atoms with E-state index in [2.05, 4.69) is 10.6 Å². The number of imide groups is 1. The van der Waals surface area contributed by atoms with Gasteiger partial charge in [0, 0.05) is 18.7 Å². The van der Waals surface area contributed by atoms with Crippen LogP contribution < -0.4 is 10.6 Å². The smallest absolute Gasteiger partial charge is 0.330 e. The fourth-order valence-corrected chi connectivity index (χ4v) is 4.33. The molecular weight excluding hydrogens is 346 g/mol. The maximum Gasteiger partial charge on any atom is 0.330 e. The third kappa shape index (κ3) is 4.87. The molecule has 2 N–H and O–H groups in total. The molecule has 2 aliphatic heterocycles. The van der Waals surface area contributed by atoms with Crippen LogP contribution in [0.15, 0.2) is 0 Å². The topological polar surface area (TPSA) is 105 Å². The van der Waals surface area contributed by atoms with Gasteiger partial charge in [0.1, 0.15) is 6.04 Å². The van der Waals surface area contributed by atoms with E-state index in [9.17, 15) is 19.2 Å². The number of nitrogens with zero attached hydrogens (tertiary/aromatic N) is 1. The van der Waals surface area contributed by atoms with Crippen LogP contribution in [0.25, 0.3) is 0 Å². The maximum atomic E-state index is 12.2. The molecule has 0 bridgehead atoms. The van der Waals surface area contributed by atoms with E-state index in [4.69, 9.17) is 4.74 Å². The lowest BCUT2D eigenvalue weighted by Gasteiger charge is -2.29. The first-order chi connectivity index (χ1) is 11.7. The number of urea groups is 1.